The summed E-state index contributed by atoms with van der Waals surface area (Å²) in [5, 5.41) is 2.77. The van der Waals surface area contributed by atoms with Gasteiger partial charge in [0.25, 0.3) is 0 Å². The Bertz CT molecular complexity index is 621. The zero-order valence-electron chi connectivity index (χ0n) is 10.3. The van der Waals surface area contributed by atoms with Gasteiger partial charge in [-0.3, -0.25) is 4.79 Å². The summed E-state index contributed by atoms with van der Waals surface area (Å²) >= 11 is 0. The lowest BCUT2D eigenvalue weighted by Crippen LogP contribution is -2.14. The lowest BCUT2D eigenvalue weighted by molar-refractivity contribution is -0.115. The zero-order valence-corrected chi connectivity index (χ0v) is 10.3. The van der Waals surface area contributed by atoms with E-state index in [1.54, 1.807) is 25.1 Å². The van der Waals surface area contributed by atoms with Gasteiger partial charge in [-0.15, -0.1) is 0 Å². The first-order valence-electron chi connectivity index (χ1n) is 5.81. The van der Waals surface area contributed by atoms with Crippen LogP contribution in [0.15, 0.2) is 29.0 Å². The largest absolute Gasteiger partial charge is 0.454 e. The number of aryl methyl sites for hydroxylation is 1. The van der Waals surface area contributed by atoms with Gasteiger partial charge < -0.3 is 19.2 Å². The van der Waals surface area contributed by atoms with Gasteiger partial charge in [-0.1, -0.05) is 0 Å². The molecule has 0 saturated carbocycles. The molecule has 6 nitrogen and oxygen atoms in total. The summed E-state index contributed by atoms with van der Waals surface area (Å²) in [6.07, 6.45) is 1.48. The van der Waals surface area contributed by atoms with E-state index in [2.05, 4.69) is 10.3 Å². The minimum Gasteiger partial charge on any atom is -0.454 e. The van der Waals surface area contributed by atoms with Crippen molar-refractivity contribution in [2.24, 2.45) is 0 Å². The number of rotatable bonds is 3. The van der Waals surface area contributed by atoms with Gasteiger partial charge in [0.05, 0.1) is 12.1 Å². The standard InChI is InChI=1S/C13H12N2O4/c1-8-11(17-6-14-8)5-13(16)15-9-2-3-10-12(4-9)19-7-18-10/h2-4,6H,5,7H2,1H3,(H,15,16). The summed E-state index contributed by atoms with van der Waals surface area (Å²) in [4.78, 5) is 15.8. The maximum absolute atomic E-state index is 11.9. The molecule has 1 aliphatic rings. The third-order valence-electron chi connectivity index (χ3n) is 2.82. The molecule has 2 heterocycles. The number of nitrogens with zero attached hydrogens (tertiary/aromatic N) is 1. The van der Waals surface area contributed by atoms with Crippen LogP contribution in [-0.4, -0.2) is 17.7 Å². The Labute approximate surface area is 109 Å². The molecule has 1 aromatic carbocycles. The Morgan fingerprint density at radius 1 is 1.37 bits per heavy atom. The first kappa shape index (κ1) is 11.6. The first-order chi connectivity index (χ1) is 9.22. The number of oxazole rings is 1. The van der Waals surface area contributed by atoms with Crippen LogP contribution in [-0.2, 0) is 11.2 Å². The minimum atomic E-state index is -0.168. The van der Waals surface area contributed by atoms with Gasteiger partial charge in [-0.2, -0.15) is 0 Å². The summed E-state index contributed by atoms with van der Waals surface area (Å²) in [5.41, 5.74) is 1.38. The maximum Gasteiger partial charge on any atom is 0.232 e. The van der Waals surface area contributed by atoms with E-state index in [4.69, 9.17) is 13.9 Å². The highest BCUT2D eigenvalue weighted by Crippen LogP contribution is 2.34. The lowest BCUT2D eigenvalue weighted by Gasteiger charge is -2.05. The zero-order chi connectivity index (χ0) is 13.2. The second kappa shape index (κ2) is 4.64. The van der Waals surface area contributed by atoms with E-state index in [-0.39, 0.29) is 19.1 Å². The fourth-order valence-corrected chi connectivity index (χ4v) is 1.82. The minimum absolute atomic E-state index is 0.153. The van der Waals surface area contributed by atoms with Crippen molar-refractivity contribution in [3.8, 4) is 11.5 Å². The van der Waals surface area contributed by atoms with E-state index in [0.29, 0.717) is 22.9 Å². The van der Waals surface area contributed by atoms with Crippen molar-refractivity contribution in [2.75, 3.05) is 12.1 Å². The molecule has 1 amide bonds. The molecule has 0 aliphatic carbocycles. The number of aromatic nitrogens is 1. The smallest absolute Gasteiger partial charge is 0.232 e. The summed E-state index contributed by atoms with van der Waals surface area (Å²) in [7, 11) is 0. The van der Waals surface area contributed by atoms with Crippen molar-refractivity contribution < 1.29 is 18.7 Å². The highest BCUT2D eigenvalue weighted by Gasteiger charge is 2.15. The van der Waals surface area contributed by atoms with Crippen molar-refractivity contribution in [2.45, 2.75) is 13.3 Å². The average molecular weight is 260 g/mol. The summed E-state index contributed by atoms with van der Waals surface area (Å²) in [5.74, 6) is 1.72. The molecule has 0 spiro atoms. The molecule has 3 rings (SSSR count). The number of nitrogens with one attached hydrogen (secondary N) is 1. The Hall–Kier alpha value is -2.50. The molecule has 2 aromatic rings. The van der Waals surface area contributed by atoms with Crippen LogP contribution >= 0.6 is 0 Å². The monoisotopic (exact) mass is 260 g/mol. The van der Waals surface area contributed by atoms with E-state index in [0.717, 1.165) is 5.69 Å². The van der Waals surface area contributed by atoms with Gasteiger partial charge in [0.1, 0.15) is 5.76 Å². The van der Waals surface area contributed by atoms with Crippen LogP contribution in [0, 0.1) is 6.92 Å². The fraction of sp³-hybridized carbons (Fsp3) is 0.231. The third-order valence-corrected chi connectivity index (χ3v) is 2.82. The Kier molecular flexibility index (Phi) is 2.83. The number of benzene rings is 1. The predicted octanol–water partition coefficient (Wildman–Crippen LogP) is 1.89. The number of ether oxygens (including phenoxy) is 2. The molecule has 98 valence electrons. The quantitative estimate of drug-likeness (QED) is 0.912. The van der Waals surface area contributed by atoms with E-state index in [9.17, 15) is 4.79 Å². The Morgan fingerprint density at radius 3 is 3.00 bits per heavy atom. The molecule has 0 atom stereocenters. The van der Waals surface area contributed by atoms with E-state index >= 15 is 0 Å². The lowest BCUT2D eigenvalue weighted by atomic mass is 10.2. The third kappa shape index (κ3) is 2.37. The molecule has 0 fully saturated rings. The second-order valence-electron chi connectivity index (χ2n) is 4.15. The molecule has 19 heavy (non-hydrogen) atoms. The number of hydrogen-bond donors (Lipinski definition) is 1. The molecule has 0 bridgehead atoms. The van der Waals surface area contributed by atoms with E-state index < -0.39 is 0 Å². The Morgan fingerprint density at radius 2 is 2.21 bits per heavy atom. The first-order valence-corrected chi connectivity index (χ1v) is 5.81. The van der Waals surface area contributed by atoms with Crippen LogP contribution in [0.4, 0.5) is 5.69 Å². The van der Waals surface area contributed by atoms with Crippen molar-refractivity contribution in [3.63, 3.8) is 0 Å². The number of fused-ring (bicyclic) bond motifs is 1. The molecule has 1 aliphatic heterocycles. The van der Waals surface area contributed by atoms with Crippen molar-refractivity contribution in [3.05, 3.63) is 36.0 Å². The number of amides is 1. The van der Waals surface area contributed by atoms with Crippen LogP contribution < -0.4 is 14.8 Å². The summed E-state index contributed by atoms with van der Waals surface area (Å²) < 4.78 is 15.6. The number of carbonyl (C=O) groups is 1. The normalized spacial score (nSPS) is 12.5. The highest BCUT2D eigenvalue weighted by atomic mass is 16.7. The van der Waals surface area contributed by atoms with Crippen LogP contribution in [0.5, 0.6) is 11.5 Å². The second-order valence-corrected chi connectivity index (χ2v) is 4.15. The molecule has 0 radical (unpaired) electrons. The Balaban J connectivity index is 1.68. The van der Waals surface area contributed by atoms with Gasteiger partial charge in [0.2, 0.25) is 12.7 Å². The van der Waals surface area contributed by atoms with Gasteiger partial charge in [-0.25, -0.2) is 4.98 Å². The van der Waals surface area contributed by atoms with Crippen LogP contribution in [0.2, 0.25) is 0 Å². The SMILES string of the molecule is Cc1ncoc1CC(=O)Nc1ccc2c(c1)OCO2. The van der Waals surface area contributed by atoms with Crippen molar-refractivity contribution >= 4 is 11.6 Å². The van der Waals surface area contributed by atoms with Gasteiger partial charge in [0.15, 0.2) is 17.9 Å². The molecular weight excluding hydrogens is 248 g/mol. The number of anilines is 1. The topological polar surface area (TPSA) is 73.6 Å². The van der Waals surface area contributed by atoms with Crippen LogP contribution in [0.3, 0.4) is 0 Å². The highest BCUT2D eigenvalue weighted by molar-refractivity contribution is 5.92. The molecule has 1 aromatic heterocycles. The summed E-state index contributed by atoms with van der Waals surface area (Å²) in [6.45, 7) is 2.01. The van der Waals surface area contributed by atoms with Gasteiger partial charge in [-0.05, 0) is 19.1 Å². The van der Waals surface area contributed by atoms with E-state index in [1.165, 1.54) is 6.39 Å². The summed E-state index contributed by atoms with van der Waals surface area (Å²) in [6, 6.07) is 5.25. The number of hydrogen-bond acceptors (Lipinski definition) is 5. The maximum atomic E-state index is 11.9. The average Bonchev–Trinajstić information content (AvgIpc) is 2.98. The fourth-order valence-electron chi connectivity index (χ4n) is 1.82. The van der Waals surface area contributed by atoms with Crippen LogP contribution in [0.1, 0.15) is 11.5 Å². The van der Waals surface area contributed by atoms with Crippen molar-refractivity contribution in [1.82, 2.24) is 4.98 Å². The predicted molar refractivity (Wildman–Crippen MR) is 66.1 cm³/mol. The molecule has 0 unspecified atom stereocenters. The molecule has 1 N–H and O–H groups in total. The van der Waals surface area contributed by atoms with Gasteiger partial charge >= 0.3 is 0 Å². The van der Waals surface area contributed by atoms with Gasteiger partial charge in [0, 0.05) is 11.8 Å². The molecular formula is C13H12N2O4. The molecule has 6 heteroatoms. The molecule has 0 saturated heterocycles. The van der Waals surface area contributed by atoms with E-state index in [1.807, 2.05) is 0 Å². The van der Waals surface area contributed by atoms with Crippen molar-refractivity contribution in [1.29, 1.82) is 0 Å². The van der Waals surface area contributed by atoms with Crippen LogP contribution in [0.25, 0.3) is 0 Å². The number of carbonyl (C=O) groups excluding carboxylic acids is 1.